The van der Waals surface area contributed by atoms with Crippen LogP contribution in [0.2, 0.25) is 0 Å². The molecule has 0 aromatic heterocycles. The maximum absolute atomic E-state index is 10.1. The van der Waals surface area contributed by atoms with Crippen molar-refractivity contribution in [2.24, 2.45) is 5.73 Å². The summed E-state index contributed by atoms with van der Waals surface area (Å²) < 4.78 is 0. The molecule has 0 radical (unpaired) electrons. The maximum atomic E-state index is 10.1. The first-order valence-electron chi connectivity index (χ1n) is 3.04. The van der Waals surface area contributed by atoms with Crippen LogP contribution in [0.4, 0.5) is 0 Å². The second-order valence-corrected chi connectivity index (χ2v) is 2.00. The average molecular weight is 148 g/mol. The Kier molecular flexibility index (Phi) is 4.82. The van der Waals surface area contributed by atoms with Gasteiger partial charge in [-0.05, 0) is 12.8 Å². The molecule has 0 amide bonds. The molecule has 10 heavy (non-hydrogen) atoms. The van der Waals surface area contributed by atoms with E-state index in [1.165, 1.54) is 0 Å². The van der Waals surface area contributed by atoms with Crippen molar-refractivity contribution in [2.45, 2.75) is 18.9 Å². The van der Waals surface area contributed by atoms with E-state index in [-0.39, 0.29) is 0 Å². The number of hydrogen-bond donors (Lipinski definition) is 4. The van der Waals surface area contributed by atoms with E-state index in [1.807, 2.05) is 5.48 Å². The Bertz CT molecular complexity index is 107. The van der Waals surface area contributed by atoms with Crippen LogP contribution in [0.3, 0.4) is 0 Å². The van der Waals surface area contributed by atoms with Gasteiger partial charge in [0.05, 0.1) is 0 Å². The van der Waals surface area contributed by atoms with Gasteiger partial charge in [0, 0.05) is 6.54 Å². The Morgan fingerprint density at radius 2 is 2.30 bits per heavy atom. The lowest BCUT2D eigenvalue weighted by atomic mass is 10.2. The lowest BCUT2D eigenvalue weighted by Crippen LogP contribution is -2.30. The number of rotatable bonds is 5. The maximum Gasteiger partial charge on any atom is 0.320 e. The number of nitrogens with one attached hydrogen (secondary N) is 1. The molecule has 0 aromatic carbocycles. The summed E-state index contributed by atoms with van der Waals surface area (Å²) >= 11 is 0. The predicted molar refractivity (Wildman–Crippen MR) is 34.6 cm³/mol. The minimum Gasteiger partial charge on any atom is -0.480 e. The summed E-state index contributed by atoms with van der Waals surface area (Å²) in [6, 6.07) is -0.812. The van der Waals surface area contributed by atoms with Crippen LogP contribution in [0.25, 0.3) is 0 Å². The molecule has 0 heterocycles. The van der Waals surface area contributed by atoms with Gasteiger partial charge >= 0.3 is 5.97 Å². The molecule has 0 aromatic rings. The predicted octanol–water partition coefficient (Wildman–Crippen LogP) is -0.843. The van der Waals surface area contributed by atoms with Crippen LogP contribution in [0, 0.1) is 0 Å². The standard InChI is InChI=1S/C5H12N2O3/c6-4(5(8)9)2-1-3-7-10/h4,7,10H,1-3,6H2,(H,8,9). The monoisotopic (exact) mass is 148 g/mol. The molecule has 1 atom stereocenters. The number of hydroxylamine groups is 1. The normalized spacial score (nSPS) is 13.0. The van der Waals surface area contributed by atoms with Crippen LogP contribution in [-0.2, 0) is 4.79 Å². The summed E-state index contributed by atoms with van der Waals surface area (Å²) in [6.45, 7) is 0.376. The Balaban J connectivity index is 3.21. The molecule has 0 bridgehead atoms. The number of carboxylic acids is 1. The topological polar surface area (TPSA) is 95.6 Å². The van der Waals surface area contributed by atoms with Gasteiger partial charge in [0.2, 0.25) is 0 Å². The molecule has 0 rings (SSSR count). The molecular formula is C5H12N2O3. The van der Waals surface area contributed by atoms with Crippen LogP contribution in [-0.4, -0.2) is 28.9 Å². The zero-order valence-corrected chi connectivity index (χ0v) is 5.58. The highest BCUT2D eigenvalue weighted by atomic mass is 16.5. The van der Waals surface area contributed by atoms with Crippen LogP contribution >= 0.6 is 0 Å². The van der Waals surface area contributed by atoms with E-state index in [2.05, 4.69) is 0 Å². The molecule has 0 saturated carbocycles. The van der Waals surface area contributed by atoms with E-state index in [0.29, 0.717) is 19.4 Å². The van der Waals surface area contributed by atoms with Gasteiger partial charge in [-0.3, -0.25) is 4.79 Å². The van der Waals surface area contributed by atoms with Crippen molar-refractivity contribution in [3.8, 4) is 0 Å². The van der Waals surface area contributed by atoms with E-state index < -0.39 is 12.0 Å². The van der Waals surface area contributed by atoms with Gasteiger partial charge in [-0.25, -0.2) is 5.48 Å². The summed E-state index contributed by atoms with van der Waals surface area (Å²) in [5.74, 6) is -1.00. The SMILES string of the molecule is NC(CCCNO)C(=O)O. The Morgan fingerprint density at radius 1 is 1.70 bits per heavy atom. The molecule has 0 aliphatic carbocycles. The van der Waals surface area contributed by atoms with E-state index >= 15 is 0 Å². The first-order chi connectivity index (χ1) is 4.68. The van der Waals surface area contributed by atoms with Crippen molar-refractivity contribution in [3.63, 3.8) is 0 Å². The van der Waals surface area contributed by atoms with Gasteiger partial charge in [-0.2, -0.15) is 0 Å². The second kappa shape index (κ2) is 5.16. The van der Waals surface area contributed by atoms with Crippen LogP contribution in [0.1, 0.15) is 12.8 Å². The molecule has 5 N–H and O–H groups in total. The van der Waals surface area contributed by atoms with Gasteiger partial charge in [-0.1, -0.05) is 0 Å². The fourth-order valence-electron chi connectivity index (χ4n) is 0.525. The summed E-state index contributed by atoms with van der Waals surface area (Å²) in [5, 5.41) is 16.4. The molecule has 0 aliphatic heterocycles. The fourth-order valence-corrected chi connectivity index (χ4v) is 0.525. The minimum atomic E-state index is -1.00. The van der Waals surface area contributed by atoms with E-state index in [0.717, 1.165) is 0 Å². The highest BCUT2D eigenvalue weighted by molar-refractivity contribution is 5.72. The third-order valence-electron chi connectivity index (χ3n) is 1.12. The minimum absolute atomic E-state index is 0.376. The van der Waals surface area contributed by atoms with Crippen molar-refractivity contribution in [3.05, 3.63) is 0 Å². The van der Waals surface area contributed by atoms with Gasteiger partial charge in [0.25, 0.3) is 0 Å². The number of nitrogens with two attached hydrogens (primary N) is 1. The molecule has 1 unspecified atom stereocenters. The van der Waals surface area contributed by atoms with Crippen LogP contribution in [0.15, 0.2) is 0 Å². The molecule has 5 heteroatoms. The van der Waals surface area contributed by atoms with E-state index in [9.17, 15) is 4.79 Å². The lowest BCUT2D eigenvalue weighted by Gasteiger charge is -2.03. The number of hydrogen-bond acceptors (Lipinski definition) is 4. The number of carboxylic acid groups (broad SMARTS) is 1. The third-order valence-corrected chi connectivity index (χ3v) is 1.12. The molecule has 60 valence electrons. The largest absolute Gasteiger partial charge is 0.480 e. The summed E-state index contributed by atoms with van der Waals surface area (Å²) in [4.78, 5) is 10.1. The van der Waals surface area contributed by atoms with Crippen molar-refractivity contribution in [1.29, 1.82) is 0 Å². The smallest absolute Gasteiger partial charge is 0.320 e. The molecule has 0 spiro atoms. The molecule has 5 nitrogen and oxygen atoms in total. The van der Waals surface area contributed by atoms with Gasteiger partial charge < -0.3 is 16.0 Å². The van der Waals surface area contributed by atoms with Crippen LogP contribution < -0.4 is 11.2 Å². The van der Waals surface area contributed by atoms with E-state index in [4.69, 9.17) is 16.0 Å². The first-order valence-corrected chi connectivity index (χ1v) is 3.04. The van der Waals surface area contributed by atoms with Crippen molar-refractivity contribution in [1.82, 2.24) is 5.48 Å². The zero-order valence-electron chi connectivity index (χ0n) is 5.58. The first kappa shape index (κ1) is 9.35. The Labute approximate surface area is 58.8 Å². The fraction of sp³-hybridized carbons (Fsp3) is 0.800. The highest BCUT2D eigenvalue weighted by Gasteiger charge is 2.09. The molecule has 0 fully saturated rings. The highest BCUT2D eigenvalue weighted by Crippen LogP contribution is 1.91. The molecule has 0 aliphatic rings. The second-order valence-electron chi connectivity index (χ2n) is 2.00. The van der Waals surface area contributed by atoms with Gasteiger partial charge in [-0.15, -0.1) is 0 Å². The molecular weight excluding hydrogens is 136 g/mol. The van der Waals surface area contributed by atoms with Gasteiger partial charge in [0.15, 0.2) is 0 Å². The van der Waals surface area contributed by atoms with Crippen LogP contribution in [0.5, 0.6) is 0 Å². The van der Waals surface area contributed by atoms with E-state index in [1.54, 1.807) is 0 Å². The number of aliphatic carboxylic acids is 1. The third kappa shape index (κ3) is 4.25. The lowest BCUT2D eigenvalue weighted by molar-refractivity contribution is -0.138. The quantitative estimate of drug-likeness (QED) is 0.301. The summed E-state index contributed by atoms with van der Waals surface area (Å²) in [6.07, 6.45) is 0.937. The summed E-state index contributed by atoms with van der Waals surface area (Å²) in [5.41, 5.74) is 7.06. The Hall–Kier alpha value is -0.650. The molecule has 0 saturated heterocycles. The Morgan fingerprint density at radius 3 is 2.70 bits per heavy atom. The van der Waals surface area contributed by atoms with Crippen molar-refractivity contribution in [2.75, 3.05) is 6.54 Å². The van der Waals surface area contributed by atoms with Crippen molar-refractivity contribution < 1.29 is 15.1 Å². The van der Waals surface area contributed by atoms with Gasteiger partial charge in [0.1, 0.15) is 6.04 Å². The average Bonchev–Trinajstić information content (AvgIpc) is 1.88. The van der Waals surface area contributed by atoms with Crippen molar-refractivity contribution >= 4 is 5.97 Å². The zero-order chi connectivity index (χ0) is 7.98. The summed E-state index contributed by atoms with van der Waals surface area (Å²) in [7, 11) is 0. The number of carbonyl (C=O) groups is 1.